The van der Waals surface area contributed by atoms with E-state index in [2.05, 4.69) is 10.3 Å². The smallest absolute Gasteiger partial charge is 0.265 e. The van der Waals surface area contributed by atoms with Gasteiger partial charge in [0.1, 0.15) is 11.1 Å². The number of nitrogens with zero attached hydrogens (tertiary/aromatic N) is 1. The first kappa shape index (κ1) is 15.4. The first-order valence-corrected chi connectivity index (χ1v) is 9.12. The molecule has 1 saturated carbocycles. The van der Waals surface area contributed by atoms with Crippen LogP contribution >= 0.6 is 11.3 Å². The molecule has 24 heavy (non-hydrogen) atoms. The van der Waals surface area contributed by atoms with E-state index >= 15 is 0 Å². The number of aryl methyl sites for hydroxylation is 1. The number of aromatic nitrogens is 1. The molecule has 0 bridgehead atoms. The highest BCUT2D eigenvalue weighted by atomic mass is 32.1. The van der Waals surface area contributed by atoms with E-state index in [1.54, 1.807) is 11.3 Å². The lowest BCUT2D eigenvalue weighted by Gasteiger charge is -2.42. The molecule has 1 aliphatic carbocycles. The Labute approximate surface area is 145 Å². The van der Waals surface area contributed by atoms with Crippen LogP contribution in [0, 0.1) is 6.92 Å². The summed E-state index contributed by atoms with van der Waals surface area (Å²) in [5, 5.41) is 6.21. The molecule has 1 aromatic carbocycles. The molecule has 0 saturated heterocycles. The van der Waals surface area contributed by atoms with Gasteiger partial charge in [0.25, 0.3) is 5.91 Å². The van der Waals surface area contributed by atoms with E-state index < -0.39 is 6.10 Å². The molecule has 1 amide bonds. The summed E-state index contributed by atoms with van der Waals surface area (Å²) in [6.07, 6.45) is 1.95. The molecule has 2 heterocycles. The van der Waals surface area contributed by atoms with Crippen LogP contribution in [-0.4, -0.2) is 23.1 Å². The first-order chi connectivity index (χ1) is 11.6. The Morgan fingerprint density at radius 1 is 1.29 bits per heavy atom. The quantitative estimate of drug-likeness (QED) is 0.929. The summed E-state index contributed by atoms with van der Waals surface area (Å²) in [5.74, 6) is 1.16. The molecule has 1 N–H and O–H groups in total. The summed E-state index contributed by atoms with van der Waals surface area (Å²) in [6, 6.07) is 7.44. The highest BCUT2D eigenvalue weighted by Gasteiger charge is 2.45. The van der Waals surface area contributed by atoms with Crippen molar-refractivity contribution in [2.45, 2.75) is 50.9 Å². The molecular weight excluding hydrogens is 324 g/mol. The Bertz CT molecular complexity index is 769. The predicted molar refractivity (Wildman–Crippen MR) is 91.5 cm³/mol. The van der Waals surface area contributed by atoms with E-state index in [1.807, 2.05) is 43.5 Å². The Hall–Kier alpha value is -2.08. The van der Waals surface area contributed by atoms with Crippen LogP contribution < -0.4 is 14.8 Å². The number of rotatable bonds is 3. The Morgan fingerprint density at radius 3 is 2.58 bits per heavy atom. The van der Waals surface area contributed by atoms with Gasteiger partial charge in [-0.1, -0.05) is 12.1 Å². The van der Waals surface area contributed by atoms with E-state index in [4.69, 9.17) is 9.47 Å². The maximum absolute atomic E-state index is 12.9. The van der Waals surface area contributed by atoms with Crippen molar-refractivity contribution in [1.82, 2.24) is 10.3 Å². The van der Waals surface area contributed by atoms with Crippen molar-refractivity contribution >= 4 is 17.2 Å². The lowest BCUT2D eigenvalue weighted by molar-refractivity contribution is -0.136. The van der Waals surface area contributed by atoms with Crippen LogP contribution in [0.3, 0.4) is 0 Å². The molecular formula is C18H20N2O3S. The average molecular weight is 344 g/mol. The lowest BCUT2D eigenvalue weighted by Crippen LogP contribution is -2.57. The second-order valence-electron chi connectivity index (χ2n) is 6.53. The summed E-state index contributed by atoms with van der Waals surface area (Å²) in [7, 11) is 0. The molecule has 2 aliphatic rings. The van der Waals surface area contributed by atoms with Crippen LogP contribution in [-0.2, 0) is 10.3 Å². The molecule has 0 spiro atoms. The van der Waals surface area contributed by atoms with Crippen LogP contribution in [0.2, 0.25) is 0 Å². The minimum absolute atomic E-state index is 0.135. The van der Waals surface area contributed by atoms with E-state index in [1.165, 1.54) is 0 Å². The number of carbonyl (C=O) groups excluding carboxylic acids is 1. The van der Waals surface area contributed by atoms with Crippen molar-refractivity contribution in [3.63, 3.8) is 0 Å². The molecule has 2 atom stereocenters. The summed E-state index contributed by atoms with van der Waals surface area (Å²) in [5.41, 5.74) is 0.658. The second kappa shape index (κ2) is 5.77. The van der Waals surface area contributed by atoms with Gasteiger partial charge in [-0.05, 0) is 45.2 Å². The number of ether oxygens (including phenoxy) is 2. The first-order valence-electron chi connectivity index (χ1n) is 8.24. The van der Waals surface area contributed by atoms with Crippen molar-refractivity contribution in [2.24, 2.45) is 0 Å². The molecule has 1 aromatic heterocycles. The lowest BCUT2D eigenvalue weighted by atomic mass is 9.77. The maximum atomic E-state index is 12.9. The fourth-order valence-electron chi connectivity index (χ4n) is 3.21. The van der Waals surface area contributed by atoms with Gasteiger partial charge in [0.15, 0.2) is 11.5 Å². The molecule has 2 aromatic rings. The Balaban J connectivity index is 1.54. The number of nitrogens with one attached hydrogen (secondary N) is 1. The number of amides is 1. The molecule has 4 rings (SSSR count). The number of para-hydroxylation sites is 2. The van der Waals surface area contributed by atoms with Gasteiger partial charge >= 0.3 is 0 Å². The number of benzene rings is 1. The van der Waals surface area contributed by atoms with Gasteiger partial charge in [-0.15, -0.1) is 11.3 Å². The SMILES string of the molecule is Cc1csc(C2(NC(=O)C3Oc4ccccc4OC3C)CCC2)n1. The molecule has 2 unspecified atom stereocenters. The van der Waals surface area contributed by atoms with Crippen molar-refractivity contribution in [3.8, 4) is 11.5 Å². The highest BCUT2D eigenvalue weighted by Crippen LogP contribution is 2.43. The molecule has 1 aliphatic heterocycles. The molecule has 0 radical (unpaired) electrons. The number of carbonyl (C=O) groups is 1. The van der Waals surface area contributed by atoms with E-state index in [-0.39, 0.29) is 17.6 Å². The number of hydrogen-bond acceptors (Lipinski definition) is 5. The van der Waals surface area contributed by atoms with Gasteiger partial charge < -0.3 is 14.8 Å². The zero-order valence-electron chi connectivity index (χ0n) is 13.7. The fourth-order valence-corrected chi connectivity index (χ4v) is 4.22. The Morgan fingerprint density at radius 2 is 2.00 bits per heavy atom. The average Bonchev–Trinajstić information content (AvgIpc) is 2.96. The fraction of sp³-hybridized carbons (Fsp3) is 0.444. The van der Waals surface area contributed by atoms with Crippen molar-refractivity contribution in [3.05, 3.63) is 40.3 Å². The molecule has 1 fully saturated rings. The van der Waals surface area contributed by atoms with Crippen LogP contribution in [0.5, 0.6) is 11.5 Å². The maximum Gasteiger partial charge on any atom is 0.265 e. The third kappa shape index (κ3) is 2.55. The van der Waals surface area contributed by atoms with Gasteiger partial charge in [-0.25, -0.2) is 4.98 Å². The van der Waals surface area contributed by atoms with Crippen LogP contribution in [0.1, 0.15) is 36.9 Å². The molecule has 126 valence electrons. The van der Waals surface area contributed by atoms with Gasteiger partial charge in [0, 0.05) is 11.1 Å². The highest BCUT2D eigenvalue weighted by molar-refractivity contribution is 7.09. The monoisotopic (exact) mass is 344 g/mol. The largest absolute Gasteiger partial charge is 0.482 e. The third-order valence-electron chi connectivity index (χ3n) is 4.70. The van der Waals surface area contributed by atoms with Crippen LogP contribution in [0.15, 0.2) is 29.6 Å². The Kier molecular flexibility index (Phi) is 3.72. The topological polar surface area (TPSA) is 60.5 Å². The zero-order chi connectivity index (χ0) is 16.7. The van der Waals surface area contributed by atoms with Crippen molar-refractivity contribution in [1.29, 1.82) is 0 Å². The van der Waals surface area contributed by atoms with Crippen LogP contribution in [0.4, 0.5) is 0 Å². The third-order valence-corrected chi connectivity index (χ3v) is 5.86. The van der Waals surface area contributed by atoms with Gasteiger partial charge in [-0.2, -0.15) is 0 Å². The van der Waals surface area contributed by atoms with Gasteiger partial charge in [0.2, 0.25) is 6.10 Å². The van der Waals surface area contributed by atoms with Crippen LogP contribution in [0.25, 0.3) is 0 Å². The number of fused-ring (bicyclic) bond motifs is 1. The minimum atomic E-state index is -0.654. The number of thiazole rings is 1. The zero-order valence-corrected chi connectivity index (χ0v) is 14.6. The summed E-state index contributed by atoms with van der Waals surface area (Å²) in [4.78, 5) is 17.5. The molecule has 5 nitrogen and oxygen atoms in total. The normalized spacial score (nSPS) is 24.1. The molecule has 6 heteroatoms. The van der Waals surface area contributed by atoms with Crippen molar-refractivity contribution < 1.29 is 14.3 Å². The van der Waals surface area contributed by atoms with E-state index in [0.29, 0.717) is 11.5 Å². The van der Waals surface area contributed by atoms with Gasteiger partial charge in [-0.3, -0.25) is 4.79 Å². The minimum Gasteiger partial charge on any atom is -0.482 e. The van der Waals surface area contributed by atoms with Gasteiger partial charge in [0.05, 0.1) is 5.54 Å². The summed E-state index contributed by atoms with van der Waals surface area (Å²) in [6.45, 7) is 3.84. The summed E-state index contributed by atoms with van der Waals surface area (Å²) >= 11 is 1.61. The van der Waals surface area contributed by atoms with E-state index in [9.17, 15) is 4.79 Å². The van der Waals surface area contributed by atoms with Crippen molar-refractivity contribution in [2.75, 3.05) is 0 Å². The number of hydrogen-bond donors (Lipinski definition) is 1. The second-order valence-corrected chi connectivity index (χ2v) is 7.39. The standard InChI is InChI=1S/C18H20N2O3S/c1-11-10-24-17(19-11)18(8-5-9-18)20-16(21)15-12(2)22-13-6-3-4-7-14(13)23-15/h3-4,6-7,10,12,15H,5,8-9H2,1-2H3,(H,20,21). The predicted octanol–water partition coefficient (Wildman–Crippen LogP) is 3.18. The summed E-state index contributed by atoms with van der Waals surface area (Å²) < 4.78 is 11.8. The van der Waals surface area contributed by atoms with E-state index in [0.717, 1.165) is 30.0 Å².